The van der Waals surface area contributed by atoms with Gasteiger partial charge in [0.2, 0.25) is 0 Å². The highest BCUT2D eigenvalue weighted by atomic mass is 19.1. The molecule has 1 aromatic rings. The first-order valence-electron chi connectivity index (χ1n) is 8.20. The van der Waals surface area contributed by atoms with Crippen molar-refractivity contribution in [3.63, 3.8) is 0 Å². The molecule has 1 aliphatic carbocycles. The van der Waals surface area contributed by atoms with Crippen LogP contribution in [-0.4, -0.2) is 23.5 Å². The number of nitrogens with zero attached hydrogens (tertiary/aromatic N) is 1. The third-order valence-electron chi connectivity index (χ3n) is 3.86. The zero-order valence-corrected chi connectivity index (χ0v) is 13.8. The first kappa shape index (κ1) is 16.4. The molecule has 0 aromatic heterocycles. The molecule has 21 heavy (non-hydrogen) atoms. The molecule has 3 heteroatoms. The fourth-order valence-corrected chi connectivity index (χ4v) is 2.65. The van der Waals surface area contributed by atoms with Gasteiger partial charge in [-0.2, -0.15) is 0 Å². The molecule has 1 aromatic carbocycles. The van der Waals surface area contributed by atoms with Gasteiger partial charge in [-0.25, -0.2) is 4.39 Å². The number of hydrogen-bond acceptors (Lipinski definition) is 2. The average molecular weight is 292 g/mol. The molecular formula is C18H29FN2. The van der Waals surface area contributed by atoms with E-state index in [-0.39, 0.29) is 5.82 Å². The first-order chi connectivity index (χ1) is 9.95. The molecule has 1 saturated carbocycles. The van der Waals surface area contributed by atoms with Crippen molar-refractivity contribution in [2.45, 2.75) is 65.7 Å². The summed E-state index contributed by atoms with van der Waals surface area (Å²) in [4.78, 5) is 2.45. The maximum Gasteiger partial charge on any atom is 0.127 e. The van der Waals surface area contributed by atoms with E-state index in [4.69, 9.17) is 0 Å². The number of hydrogen-bond donors (Lipinski definition) is 1. The lowest BCUT2D eigenvalue weighted by Gasteiger charge is -2.24. The molecule has 1 fully saturated rings. The van der Waals surface area contributed by atoms with Gasteiger partial charge in [-0.15, -0.1) is 0 Å². The Bertz CT molecular complexity index is 453. The highest BCUT2D eigenvalue weighted by Gasteiger charge is 2.29. The number of halogens is 1. The van der Waals surface area contributed by atoms with Crippen molar-refractivity contribution in [3.05, 3.63) is 35.1 Å². The van der Waals surface area contributed by atoms with Gasteiger partial charge in [-0.05, 0) is 30.4 Å². The number of nitrogens with one attached hydrogen (secondary N) is 1. The molecular weight excluding hydrogens is 263 g/mol. The van der Waals surface area contributed by atoms with Crippen molar-refractivity contribution in [3.8, 4) is 0 Å². The van der Waals surface area contributed by atoms with Crippen LogP contribution < -0.4 is 5.32 Å². The van der Waals surface area contributed by atoms with Crippen molar-refractivity contribution >= 4 is 0 Å². The van der Waals surface area contributed by atoms with Crippen LogP contribution in [0.4, 0.5) is 4.39 Å². The molecule has 2 nitrogen and oxygen atoms in total. The number of rotatable bonds is 8. The van der Waals surface area contributed by atoms with Crippen molar-refractivity contribution in [2.75, 3.05) is 6.54 Å². The summed E-state index contributed by atoms with van der Waals surface area (Å²) in [6, 6.07) is 6.65. The zero-order chi connectivity index (χ0) is 15.4. The van der Waals surface area contributed by atoms with Crippen LogP contribution in [0.1, 0.15) is 51.7 Å². The standard InChI is InChI=1S/C18H29FN2/c1-13(2)11-21(17-6-7-17)12-16-9-15(5-8-18(16)19)10-20-14(3)4/h5,8-9,13-14,17,20H,6-7,10-12H2,1-4H3. The molecule has 0 aliphatic heterocycles. The van der Waals surface area contributed by atoms with Gasteiger partial charge in [0.05, 0.1) is 0 Å². The van der Waals surface area contributed by atoms with E-state index < -0.39 is 0 Å². The van der Waals surface area contributed by atoms with E-state index in [1.165, 1.54) is 18.4 Å². The summed E-state index contributed by atoms with van der Waals surface area (Å²) >= 11 is 0. The van der Waals surface area contributed by atoms with Crippen LogP contribution in [0.2, 0.25) is 0 Å². The summed E-state index contributed by atoms with van der Waals surface area (Å²) in [7, 11) is 0. The maximum absolute atomic E-state index is 14.1. The normalized spacial score (nSPS) is 15.4. The molecule has 1 aliphatic rings. The van der Waals surface area contributed by atoms with Crippen LogP contribution in [0.15, 0.2) is 18.2 Å². The molecule has 118 valence electrons. The Morgan fingerprint density at radius 1 is 1.24 bits per heavy atom. The van der Waals surface area contributed by atoms with E-state index in [0.717, 1.165) is 25.2 Å². The second-order valence-electron chi connectivity index (χ2n) is 7.02. The zero-order valence-electron chi connectivity index (χ0n) is 13.8. The quantitative estimate of drug-likeness (QED) is 0.780. The topological polar surface area (TPSA) is 15.3 Å². The molecule has 0 amide bonds. The van der Waals surface area contributed by atoms with Crippen LogP contribution in [0.3, 0.4) is 0 Å². The SMILES string of the molecule is CC(C)CN(Cc1cc(CNC(C)C)ccc1F)C1CC1. The van der Waals surface area contributed by atoms with E-state index in [0.29, 0.717) is 18.0 Å². The fourth-order valence-electron chi connectivity index (χ4n) is 2.65. The maximum atomic E-state index is 14.1. The lowest BCUT2D eigenvalue weighted by molar-refractivity contribution is 0.223. The largest absolute Gasteiger partial charge is 0.310 e. The molecule has 0 heterocycles. The molecule has 0 unspecified atom stereocenters. The lowest BCUT2D eigenvalue weighted by atomic mass is 10.1. The average Bonchev–Trinajstić information content (AvgIpc) is 3.22. The highest BCUT2D eigenvalue weighted by Crippen LogP contribution is 2.29. The van der Waals surface area contributed by atoms with Gasteiger partial charge in [-0.1, -0.05) is 39.8 Å². The van der Waals surface area contributed by atoms with Crippen molar-refractivity contribution in [1.29, 1.82) is 0 Å². The predicted octanol–water partition coefficient (Wildman–Crippen LogP) is 3.94. The van der Waals surface area contributed by atoms with Crippen LogP contribution in [0.25, 0.3) is 0 Å². The minimum absolute atomic E-state index is 0.0716. The smallest absolute Gasteiger partial charge is 0.127 e. The Morgan fingerprint density at radius 2 is 1.95 bits per heavy atom. The highest BCUT2D eigenvalue weighted by molar-refractivity contribution is 5.25. The Kier molecular flexibility index (Phi) is 5.77. The molecule has 0 atom stereocenters. The minimum Gasteiger partial charge on any atom is -0.310 e. The second-order valence-corrected chi connectivity index (χ2v) is 7.02. The van der Waals surface area contributed by atoms with E-state index >= 15 is 0 Å². The van der Waals surface area contributed by atoms with Crippen LogP contribution >= 0.6 is 0 Å². The Balaban J connectivity index is 2.04. The Hall–Kier alpha value is -0.930. The van der Waals surface area contributed by atoms with Gasteiger partial charge < -0.3 is 5.32 Å². The minimum atomic E-state index is -0.0716. The molecule has 0 bridgehead atoms. The van der Waals surface area contributed by atoms with Crippen molar-refractivity contribution in [1.82, 2.24) is 10.2 Å². The summed E-state index contributed by atoms with van der Waals surface area (Å²) in [5, 5.41) is 3.39. The van der Waals surface area contributed by atoms with E-state index in [2.05, 4.69) is 37.9 Å². The Morgan fingerprint density at radius 3 is 2.52 bits per heavy atom. The summed E-state index contributed by atoms with van der Waals surface area (Å²) in [5.41, 5.74) is 2.01. The molecule has 0 radical (unpaired) electrons. The second kappa shape index (κ2) is 7.37. The van der Waals surface area contributed by atoms with Gasteiger partial charge >= 0.3 is 0 Å². The van der Waals surface area contributed by atoms with Gasteiger partial charge in [-0.3, -0.25) is 4.90 Å². The van der Waals surface area contributed by atoms with Crippen molar-refractivity contribution in [2.24, 2.45) is 5.92 Å². The molecule has 0 spiro atoms. The molecule has 1 N–H and O–H groups in total. The number of benzene rings is 1. The first-order valence-corrected chi connectivity index (χ1v) is 8.20. The van der Waals surface area contributed by atoms with E-state index in [1.54, 1.807) is 6.07 Å². The Labute approximate surface area is 128 Å². The monoisotopic (exact) mass is 292 g/mol. The third-order valence-corrected chi connectivity index (χ3v) is 3.86. The van der Waals surface area contributed by atoms with Gasteiger partial charge in [0, 0.05) is 37.3 Å². The molecule has 2 rings (SSSR count). The summed E-state index contributed by atoms with van der Waals surface area (Å²) in [6.07, 6.45) is 2.53. The lowest BCUT2D eigenvalue weighted by Crippen LogP contribution is -2.30. The van der Waals surface area contributed by atoms with Crippen LogP contribution in [0.5, 0.6) is 0 Å². The molecule has 0 saturated heterocycles. The third kappa shape index (κ3) is 5.40. The summed E-state index contributed by atoms with van der Waals surface area (Å²) in [5.74, 6) is 0.553. The summed E-state index contributed by atoms with van der Waals surface area (Å²) < 4.78 is 14.1. The van der Waals surface area contributed by atoms with Gasteiger partial charge in [0.15, 0.2) is 0 Å². The van der Waals surface area contributed by atoms with E-state index in [1.807, 2.05) is 12.1 Å². The summed E-state index contributed by atoms with van der Waals surface area (Å²) in [6.45, 7) is 11.3. The van der Waals surface area contributed by atoms with Crippen LogP contribution in [0, 0.1) is 11.7 Å². The van der Waals surface area contributed by atoms with Crippen molar-refractivity contribution < 1.29 is 4.39 Å². The van der Waals surface area contributed by atoms with Gasteiger partial charge in [0.1, 0.15) is 5.82 Å². The fraction of sp³-hybridized carbons (Fsp3) is 0.667. The predicted molar refractivity (Wildman–Crippen MR) is 86.6 cm³/mol. The van der Waals surface area contributed by atoms with Crippen LogP contribution in [-0.2, 0) is 13.1 Å². The van der Waals surface area contributed by atoms with E-state index in [9.17, 15) is 4.39 Å². The van der Waals surface area contributed by atoms with Gasteiger partial charge in [0.25, 0.3) is 0 Å².